The molecule has 7 heteroatoms. The highest BCUT2D eigenvalue weighted by molar-refractivity contribution is 5.67. The molecule has 0 bridgehead atoms. The topological polar surface area (TPSA) is 3.24 Å². The summed E-state index contributed by atoms with van der Waals surface area (Å²) in [5, 5.41) is 0. The van der Waals surface area contributed by atoms with Crippen molar-refractivity contribution in [3.63, 3.8) is 0 Å². The Kier molecular flexibility index (Phi) is 8.79. The third-order valence-electron chi connectivity index (χ3n) is 7.58. The molecule has 2 unspecified atom stereocenters. The summed E-state index contributed by atoms with van der Waals surface area (Å²) in [6.45, 7) is 7.41. The summed E-state index contributed by atoms with van der Waals surface area (Å²) in [5.74, 6) is -0.354. The first-order valence-corrected chi connectivity index (χ1v) is 13.5. The summed E-state index contributed by atoms with van der Waals surface area (Å²) in [7, 11) is 0. The normalized spacial score (nSPS) is 17.9. The molecule has 3 aromatic carbocycles. The summed E-state index contributed by atoms with van der Waals surface area (Å²) in [4.78, 5) is 2.06. The van der Waals surface area contributed by atoms with Gasteiger partial charge >= 0.3 is 12.4 Å². The Hall–Kier alpha value is -2.80. The molecule has 0 spiro atoms. The highest BCUT2D eigenvalue weighted by atomic mass is 19.4. The van der Waals surface area contributed by atoms with Gasteiger partial charge < -0.3 is 0 Å². The fraction of sp³-hybridized carbons (Fsp3) is 0.438. The number of likely N-dealkylation sites (tertiary alicyclic amines) is 1. The van der Waals surface area contributed by atoms with E-state index >= 15 is 0 Å². The van der Waals surface area contributed by atoms with Crippen LogP contribution >= 0.6 is 0 Å². The molecule has 1 saturated heterocycles. The molecule has 3 aromatic rings. The molecule has 1 aliphatic rings. The van der Waals surface area contributed by atoms with Gasteiger partial charge in [-0.3, -0.25) is 4.90 Å². The first kappa shape index (κ1) is 29.2. The van der Waals surface area contributed by atoms with Gasteiger partial charge in [0.1, 0.15) is 0 Å². The van der Waals surface area contributed by atoms with Crippen LogP contribution in [0, 0.1) is 5.92 Å². The smallest absolute Gasteiger partial charge is 0.298 e. The van der Waals surface area contributed by atoms with Crippen molar-refractivity contribution in [3.05, 3.63) is 94.5 Å². The van der Waals surface area contributed by atoms with Crippen LogP contribution in [0.25, 0.3) is 11.1 Å². The average molecular weight is 548 g/mol. The van der Waals surface area contributed by atoms with E-state index in [1.54, 1.807) is 12.1 Å². The third kappa shape index (κ3) is 7.24. The van der Waals surface area contributed by atoms with Gasteiger partial charge in [0.25, 0.3) is 0 Å². The standard InChI is InChI=1S/C32H35F6N/c1-21(2)16-22(3)28-17-26(24-8-5-4-6-9-24)18-29(30(28)32(36,37)38)25-10-7-15-39(20-25)19-23-11-13-27(14-12-23)31(33,34)35/h4-6,8-9,11-14,17-18,21-22,25H,7,10,15-16,19-20H2,1-3H3. The Balaban J connectivity index is 1.72. The number of hydrogen-bond donors (Lipinski definition) is 0. The molecule has 1 aliphatic heterocycles. The van der Waals surface area contributed by atoms with Gasteiger partial charge in [-0.25, -0.2) is 0 Å². The Labute approximate surface area is 226 Å². The van der Waals surface area contributed by atoms with E-state index in [-0.39, 0.29) is 17.8 Å². The second kappa shape index (κ2) is 11.7. The van der Waals surface area contributed by atoms with Crippen molar-refractivity contribution in [2.45, 2.75) is 70.8 Å². The van der Waals surface area contributed by atoms with Crippen LogP contribution in [-0.4, -0.2) is 18.0 Å². The highest BCUT2D eigenvalue weighted by Gasteiger charge is 2.40. The summed E-state index contributed by atoms with van der Waals surface area (Å²) in [5.41, 5.74) is 1.81. The minimum atomic E-state index is -4.50. The summed E-state index contributed by atoms with van der Waals surface area (Å²) >= 11 is 0. The highest BCUT2D eigenvalue weighted by Crippen LogP contribution is 2.45. The van der Waals surface area contributed by atoms with Crippen molar-refractivity contribution in [2.24, 2.45) is 5.92 Å². The molecule has 0 N–H and O–H groups in total. The lowest BCUT2D eigenvalue weighted by molar-refractivity contribution is -0.139. The fourth-order valence-corrected chi connectivity index (χ4v) is 5.87. The average Bonchev–Trinajstić information content (AvgIpc) is 2.87. The van der Waals surface area contributed by atoms with Gasteiger partial charge in [-0.1, -0.05) is 75.4 Å². The molecule has 0 aliphatic carbocycles. The van der Waals surface area contributed by atoms with E-state index in [9.17, 15) is 26.3 Å². The lowest BCUT2D eigenvalue weighted by atomic mass is 9.79. The number of hydrogen-bond acceptors (Lipinski definition) is 1. The van der Waals surface area contributed by atoms with Crippen LogP contribution < -0.4 is 0 Å². The SMILES string of the molecule is CC(C)CC(C)c1cc(-c2ccccc2)cc(C2CCCN(Cc3ccc(C(F)(F)F)cc3)C2)c1C(F)(F)F. The zero-order valence-corrected chi connectivity index (χ0v) is 22.5. The van der Waals surface area contributed by atoms with E-state index in [2.05, 4.69) is 4.90 Å². The van der Waals surface area contributed by atoms with Crippen LogP contribution in [0.3, 0.4) is 0 Å². The Morgan fingerprint density at radius 2 is 1.49 bits per heavy atom. The van der Waals surface area contributed by atoms with Gasteiger partial charge in [-0.2, -0.15) is 26.3 Å². The third-order valence-corrected chi connectivity index (χ3v) is 7.58. The predicted octanol–water partition coefficient (Wildman–Crippen LogP) is 9.92. The molecule has 1 fully saturated rings. The first-order valence-electron chi connectivity index (χ1n) is 13.5. The predicted molar refractivity (Wildman–Crippen MR) is 143 cm³/mol. The molecule has 0 amide bonds. The molecule has 210 valence electrons. The summed E-state index contributed by atoms with van der Waals surface area (Å²) in [6.07, 6.45) is -6.92. The van der Waals surface area contributed by atoms with Crippen molar-refractivity contribution in [1.29, 1.82) is 0 Å². The van der Waals surface area contributed by atoms with Crippen molar-refractivity contribution < 1.29 is 26.3 Å². The van der Waals surface area contributed by atoms with Crippen LogP contribution in [0.5, 0.6) is 0 Å². The molecule has 1 heterocycles. The van der Waals surface area contributed by atoms with E-state index in [1.165, 1.54) is 12.1 Å². The second-order valence-corrected chi connectivity index (χ2v) is 11.2. The van der Waals surface area contributed by atoms with Crippen molar-refractivity contribution >= 4 is 0 Å². The van der Waals surface area contributed by atoms with Gasteiger partial charge in [0.2, 0.25) is 0 Å². The van der Waals surface area contributed by atoms with Gasteiger partial charge in [-0.05, 0) is 83.5 Å². The van der Waals surface area contributed by atoms with Gasteiger partial charge in [0.05, 0.1) is 11.1 Å². The largest absolute Gasteiger partial charge is 0.416 e. The molecule has 4 rings (SSSR count). The van der Waals surface area contributed by atoms with Crippen LogP contribution in [-0.2, 0) is 18.9 Å². The lowest BCUT2D eigenvalue weighted by Crippen LogP contribution is -2.35. The number of piperidine rings is 1. The monoisotopic (exact) mass is 547 g/mol. The molecule has 0 aromatic heterocycles. The maximum atomic E-state index is 14.8. The number of nitrogens with zero attached hydrogens (tertiary/aromatic N) is 1. The first-order chi connectivity index (χ1) is 18.3. The van der Waals surface area contributed by atoms with Crippen molar-refractivity contribution in [1.82, 2.24) is 4.90 Å². The van der Waals surface area contributed by atoms with Gasteiger partial charge in [0, 0.05) is 13.1 Å². The number of alkyl halides is 6. The van der Waals surface area contributed by atoms with Crippen LogP contribution in [0.2, 0.25) is 0 Å². The van der Waals surface area contributed by atoms with E-state index in [1.807, 2.05) is 51.1 Å². The zero-order chi connectivity index (χ0) is 28.4. The quantitative estimate of drug-likeness (QED) is 0.266. The summed E-state index contributed by atoms with van der Waals surface area (Å²) in [6, 6.07) is 18.0. The molecule has 39 heavy (non-hydrogen) atoms. The maximum Gasteiger partial charge on any atom is 0.416 e. The second-order valence-electron chi connectivity index (χ2n) is 11.2. The van der Waals surface area contributed by atoms with Gasteiger partial charge in [-0.15, -0.1) is 0 Å². The minimum absolute atomic E-state index is 0.249. The van der Waals surface area contributed by atoms with E-state index in [0.29, 0.717) is 49.2 Å². The van der Waals surface area contributed by atoms with Crippen LogP contribution in [0.15, 0.2) is 66.7 Å². The Morgan fingerprint density at radius 3 is 2.08 bits per heavy atom. The number of benzene rings is 3. The Bertz CT molecular complexity index is 1230. The van der Waals surface area contributed by atoms with E-state index < -0.39 is 23.5 Å². The molecular weight excluding hydrogens is 512 g/mol. The molecule has 1 nitrogen and oxygen atoms in total. The maximum absolute atomic E-state index is 14.8. The molecule has 0 radical (unpaired) electrons. The minimum Gasteiger partial charge on any atom is -0.298 e. The van der Waals surface area contributed by atoms with Crippen LogP contribution in [0.1, 0.15) is 79.7 Å². The molecule has 0 saturated carbocycles. The van der Waals surface area contributed by atoms with E-state index in [4.69, 9.17) is 0 Å². The van der Waals surface area contributed by atoms with E-state index in [0.717, 1.165) is 29.7 Å². The van der Waals surface area contributed by atoms with Crippen molar-refractivity contribution in [3.8, 4) is 11.1 Å². The van der Waals surface area contributed by atoms with Crippen molar-refractivity contribution in [2.75, 3.05) is 13.1 Å². The van der Waals surface area contributed by atoms with Crippen LogP contribution in [0.4, 0.5) is 26.3 Å². The Morgan fingerprint density at radius 1 is 0.821 bits per heavy atom. The number of halogens is 6. The van der Waals surface area contributed by atoms with Gasteiger partial charge in [0.15, 0.2) is 0 Å². The molecular formula is C32H35F6N. The zero-order valence-electron chi connectivity index (χ0n) is 22.5. The summed E-state index contributed by atoms with van der Waals surface area (Å²) < 4.78 is 83.2. The lowest BCUT2D eigenvalue weighted by Gasteiger charge is -2.35. The number of rotatable bonds is 7. The molecule has 2 atom stereocenters. The fourth-order valence-electron chi connectivity index (χ4n) is 5.87.